The molecule has 92 valence electrons. The molecule has 1 amide bonds. The van der Waals surface area contributed by atoms with Gasteiger partial charge in [0.2, 0.25) is 5.91 Å². The monoisotopic (exact) mass is 228 g/mol. The van der Waals surface area contributed by atoms with Gasteiger partial charge in [0.25, 0.3) is 0 Å². The number of hydrogen-bond donors (Lipinski definition) is 2. The first-order chi connectivity index (χ1) is 7.55. The first-order valence-electron chi connectivity index (χ1n) is 5.86. The Hall–Kier alpha value is -0.650. The Kier molecular flexibility index (Phi) is 3.19. The predicted molar refractivity (Wildman–Crippen MR) is 58.7 cm³/mol. The topological polar surface area (TPSA) is 75.8 Å². The quantitative estimate of drug-likeness (QED) is 0.672. The van der Waals surface area contributed by atoms with Crippen molar-refractivity contribution in [3.63, 3.8) is 0 Å². The number of aliphatic hydroxyl groups excluding tert-OH is 1. The molecule has 1 heterocycles. The van der Waals surface area contributed by atoms with E-state index >= 15 is 0 Å². The third-order valence-electron chi connectivity index (χ3n) is 3.52. The second-order valence-electron chi connectivity index (χ2n) is 4.98. The minimum absolute atomic E-state index is 0.00301. The van der Waals surface area contributed by atoms with Gasteiger partial charge in [-0.3, -0.25) is 4.79 Å². The number of amides is 1. The number of nitrogens with zero attached hydrogens (tertiary/aromatic N) is 1. The molecule has 5 nitrogen and oxygen atoms in total. The number of ether oxygens (including phenoxy) is 1. The molecule has 1 saturated heterocycles. The van der Waals surface area contributed by atoms with Gasteiger partial charge in [-0.2, -0.15) is 0 Å². The minimum atomic E-state index is -0.739. The van der Waals surface area contributed by atoms with Crippen LogP contribution >= 0.6 is 0 Å². The van der Waals surface area contributed by atoms with Crippen LogP contribution in [0.15, 0.2) is 0 Å². The van der Waals surface area contributed by atoms with Crippen LogP contribution in [-0.2, 0) is 9.53 Å². The number of aliphatic hydroxyl groups is 1. The van der Waals surface area contributed by atoms with E-state index in [1.807, 2.05) is 6.92 Å². The number of carbonyl (C=O) groups excluding carboxylic acids is 1. The van der Waals surface area contributed by atoms with Gasteiger partial charge in [-0.1, -0.05) is 0 Å². The average molecular weight is 228 g/mol. The van der Waals surface area contributed by atoms with E-state index in [2.05, 4.69) is 0 Å². The molecule has 2 unspecified atom stereocenters. The number of morpholine rings is 1. The molecule has 0 aromatic carbocycles. The molecule has 1 aliphatic heterocycles. The fraction of sp³-hybridized carbons (Fsp3) is 0.909. The third kappa shape index (κ3) is 2.21. The summed E-state index contributed by atoms with van der Waals surface area (Å²) in [5.41, 5.74) is 5.35. The summed E-state index contributed by atoms with van der Waals surface area (Å²) in [6.45, 7) is 3.28. The maximum absolute atomic E-state index is 12.2. The van der Waals surface area contributed by atoms with Gasteiger partial charge in [0, 0.05) is 13.1 Å². The summed E-state index contributed by atoms with van der Waals surface area (Å²) in [5, 5.41) is 9.02. The number of nitrogens with two attached hydrogens (primary N) is 1. The highest BCUT2D eigenvalue weighted by Gasteiger charge is 2.46. The maximum atomic E-state index is 12.2. The highest BCUT2D eigenvalue weighted by atomic mass is 16.5. The van der Waals surface area contributed by atoms with Crippen LogP contribution in [0.25, 0.3) is 0 Å². The molecule has 0 aromatic heterocycles. The first-order valence-corrected chi connectivity index (χ1v) is 5.86. The molecule has 2 rings (SSSR count). The van der Waals surface area contributed by atoms with Crippen LogP contribution in [0.1, 0.15) is 19.8 Å². The molecule has 2 fully saturated rings. The molecule has 5 heteroatoms. The SMILES string of the molecule is CC(N)(C(=O)N1CCOC(CO)C1)C1CC1. The molecule has 1 aliphatic carbocycles. The lowest BCUT2D eigenvalue weighted by Gasteiger charge is -2.37. The van der Waals surface area contributed by atoms with Crippen molar-refractivity contribution < 1.29 is 14.6 Å². The van der Waals surface area contributed by atoms with E-state index in [-0.39, 0.29) is 18.6 Å². The van der Waals surface area contributed by atoms with Crippen molar-refractivity contribution >= 4 is 5.91 Å². The van der Waals surface area contributed by atoms with Crippen LogP contribution in [0, 0.1) is 5.92 Å². The molecule has 0 aromatic rings. The Morgan fingerprint density at radius 1 is 1.62 bits per heavy atom. The molecule has 1 saturated carbocycles. The lowest BCUT2D eigenvalue weighted by Crippen LogP contribution is -2.58. The second-order valence-corrected chi connectivity index (χ2v) is 4.98. The fourth-order valence-electron chi connectivity index (χ4n) is 2.21. The summed E-state index contributed by atoms with van der Waals surface area (Å²) in [6, 6.07) is 0. The Morgan fingerprint density at radius 2 is 2.31 bits per heavy atom. The van der Waals surface area contributed by atoms with E-state index in [0.717, 1.165) is 12.8 Å². The van der Waals surface area contributed by atoms with Crippen LogP contribution in [0.3, 0.4) is 0 Å². The van der Waals surface area contributed by atoms with E-state index in [0.29, 0.717) is 25.6 Å². The van der Waals surface area contributed by atoms with Gasteiger partial charge in [-0.05, 0) is 25.7 Å². The van der Waals surface area contributed by atoms with Gasteiger partial charge in [-0.25, -0.2) is 0 Å². The van der Waals surface area contributed by atoms with Crippen molar-refractivity contribution in [2.24, 2.45) is 11.7 Å². The van der Waals surface area contributed by atoms with E-state index in [9.17, 15) is 4.79 Å². The summed E-state index contributed by atoms with van der Waals surface area (Å²) in [4.78, 5) is 14.0. The smallest absolute Gasteiger partial charge is 0.242 e. The molecule has 2 aliphatic rings. The van der Waals surface area contributed by atoms with Crippen LogP contribution in [0.4, 0.5) is 0 Å². The number of hydrogen-bond acceptors (Lipinski definition) is 4. The van der Waals surface area contributed by atoms with E-state index in [1.165, 1.54) is 0 Å². The summed E-state index contributed by atoms with van der Waals surface area (Å²) < 4.78 is 5.31. The largest absolute Gasteiger partial charge is 0.394 e. The van der Waals surface area contributed by atoms with Crippen molar-refractivity contribution in [1.82, 2.24) is 4.90 Å². The van der Waals surface area contributed by atoms with Crippen LogP contribution in [0.5, 0.6) is 0 Å². The highest BCUT2D eigenvalue weighted by Crippen LogP contribution is 2.39. The van der Waals surface area contributed by atoms with E-state index < -0.39 is 5.54 Å². The Morgan fingerprint density at radius 3 is 2.88 bits per heavy atom. The van der Waals surface area contributed by atoms with Crippen molar-refractivity contribution in [1.29, 1.82) is 0 Å². The molecule has 2 atom stereocenters. The molecule has 0 spiro atoms. The molecular formula is C11H20N2O3. The normalized spacial score (nSPS) is 29.9. The van der Waals surface area contributed by atoms with Gasteiger partial charge in [0.15, 0.2) is 0 Å². The fourth-order valence-corrected chi connectivity index (χ4v) is 2.21. The van der Waals surface area contributed by atoms with Crippen molar-refractivity contribution in [2.45, 2.75) is 31.4 Å². The van der Waals surface area contributed by atoms with Crippen molar-refractivity contribution in [3.05, 3.63) is 0 Å². The number of carbonyl (C=O) groups is 1. The van der Waals surface area contributed by atoms with Crippen LogP contribution in [-0.4, -0.2) is 53.9 Å². The summed E-state index contributed by atoms with van der Waals surface area (Å²) in [7, 11) is 0. The third-order valence-corrected chi connectivity index (χ3v) is 3.52. The van der Waals surface area contributed by atoms with Crippen LogP contribution < -0.4 is 5.73 Å². The molecular weight excluding hydrogens is 208 g/mol. The zero-order valence-electron chi connectivity index (χ0n) is 9.69. The summed E-state index contributed by atoms with van der Waals surface area (Å²) in [6.07, 6.45) is 1.84. The van der Waals surface area contributed by atoms with Crippen molar-refractivity contribution in [2.75, 3.05) is 26.3 Å². The first kappa shape index (κ1) is 11.8. The Labute approximate surface area is 95.5 Å². The van der Waals surface area contributed by atoms with E-state index in [4.69, 9.17) is 15.6 Å². The van der Waals surface area contributed by atoms with E-state index in [1.54, 1.807) is 4.90 Å². The molecule has 0 bridgehead atoms. The lowest BCUT2D eigenvalue weighted by atomic mass is 9.95. The molecule has 0 radical (unpaired) electrons. The van der Waals surface area contributed by atoms with Gasteiger partial charge in [-0.15, -0.1) is 0 Å². The zero-order chi connectivity index (χ0) is 11.8. The average Bonchev–Trinajstić information content (AvgIpc) is 3.12. The van der Waals surface area contributed by atoms with Crippen molar-refractivity contribution in [3.8, 4) is 0 Å². The second kappa shape index (κ2) is 4.31. The van der Waals surface area contributed by atoms with Crippen LogP contribution in [0.2, 0.25) is 0 Å². The van der Waals surface area contributed by atoms with Gasteiger partial charge in [0.1, 0.15) is 0 Å². The van der Waals surface area contributed by atoms with Gasteiger partial charge in [0.05, 0.1) is 24.9 Å². The summed E-state index contributed by atoms with van der Waals surface area (Å²) in [5.74, 6) is 0.326. The van der Waals surface area contributed by atoms with Gasteiger partial charge < -0.3 is 20.5 Å². The lowest BCUT2D eigenvalue weighted by molar-refractivity contribution is -0.146. The highest BCUT2D eigenvalue weighted by molar-refractivity contribution is 5.86. The standard InChI is InChI=1S/C11H20N2O3/c1-11(12,8-2-3-8)10(15)13-4-5-16-9(6-13)7-14/h8-9,14H,2-7,12H2,1H3. The maximum Gasteiger partial charge on any atom is 0.242 e. The molecule has 16 heavy (non-hydrogen) atoms. The number of rotatable bonds is 3. The summed E-state index contributed by atoms with van der Waals surface area (Å²) >= 11 is 0. The Bertz CT molecular complexity index is 276. The van der Waals surface area contributed by atoms with Gasteiger partial charge >= 0.3 is 0 Å². The zero-order valence-corrected chi connectivity index (χ0v) is 9.69. The molecule has 3 N–H and O–H groups in total. The predicted octanol–water partition coefficient (Wildman–Crippen LogP) is -0.666. The Balaban J connectivity index is 1.98. The minimum Gasteiger partial charge on any atom is -0.394 e.